The van der Waals surface area contributed by atoms with Crippen molar-refractivity contribution in [2.45, 2.75) is 38.5 Å². The summed E-state index contributed by atoms with van der Waals surface area (Å²) >= 11 is 0. The molecule has 1 amide bonds. The Morgan fingerprint density at radius 1 is 1.33 bits per heavy atom. The minimum Gasteiger partial charge on any atom is -0.479 e. The van der Waals surface area contributed by atoms with Crippen LogP contribution in [0.2, 0.25) is 0 Å². The Hall–Kier alpha value is -1.95. The molecule has 1 N–H and O–H groups in total. The van der Waals surface area contributed by atoms with Gasteiger partial charge in [-0.15, -0.1) is 0 Å². The Morgan fingerprint density at radius 2 is 1.90 bits per heavy atom. The highest BCUT2D eigenvalue weighted by molar-refractivity contribution is 5.83. The van der Waals surface area contributed by atoms with Gasteiger partial charge in [-0.1, -0.05) is 12.1 Å². The zero-order chi connectivity index (χ0) is 15.8. The third kappa shape index (κ3) is 3.05. The van der Waals surface area contributed by atoms with E-state index in [1.54, 1.807) is 0 Å². The molecule has 1 aromatic carbocycles. The van der Waals surface area contributed by atoms with Crippen molar-refractivity contribution in [2.75, 3.05) is 6.61 Å². The van der Waals surface area contributed by atoms with E-state index in [4.69, 9.17) is 4.74 Å². The van der Waals surface area contributed by atoms with Crippen molar-refractivity contribution in [3.8, 4) is 0 Å². The van der Waals surface area contributed by atoms with E-state index in [1.165, 1.54) is 29.2 Å². The van der Waals surface area contributed by atoms with Crippen LogP contribution in [0, 0.1) is 5.82 Å². The van der Waals surface area contributed by atoms with E-state index in [2.05, 4.69) is 0 Å². The van der Waals surface area contributed by atoms with E-state index in [-0.39, 0.29) is 12.5 Å². The molecule has 6 heteroatoms. The fourth-order valence-electron chi connectivity index (χ4n) is 2.59. The number of nitrogens with zero attached hydrogens (tertiary/aromatic N) is 1. The van der Waals surface area contributed by atoms with Gasteiger partial charge in [-0.25, -0.2) is 9.18 Å². The molecular formula is C15H18FNO4. The van der Waals surface area contributed by atoms with Gasteiger partial charge in [0.15, 0.2) is 6.10 Å². The minimum atomic E-state index is -1.17. The number of ether oxygens (including phenoxy) is 1. The lowest BCUT2D eigenvalue weighted by Crippen LogP contribution is -2.58. The molecule has 0 radical (unpaired) electrons. The van der Waals surface area contributed by atoms with Gasteiger partial charge in [0, 0.05) is 5.54 Å². The Kier molecular flexibility index (Phi) is 4.00. The average molecular weight is 295 g/mol. The number of aliphatic carboxylic acids is 1. The van der Waals surface area contributed by atoms with Crippen LogP contribution in [0.1, 0.15) is 32.4 Å². The van der Waals surface area contributed by atoms with Gasteiger partial charge < -0.3 is 14.7 Å². The zero-order valence-corrected chi connectivity index (χ0v) is 12.2. The number of hydrogen-bond donors (Lipinski definition) is 1. The lowest BCUT2D eigenvalue weighted by molar-refractivity contribution is -0.179. The maximum absolute atomic E-state index is 13.1. The van der Waals surface area contributed by atoms with E-state index in [9.17, 15) is 19.1 Å². The van der Waals surface area contributed by atoms with E-state index in [0.717, 1.165) is 0 Å². The number of hydrogen-bond acceptors (Lipinski definition) is 3. The SMILES string of the molecule is CC(C)(C)N1C(=O)COC(C(=O)O)C1c1ccc(F)cc1. The molecule has 1 aliphatic rings. The van der Waals surface area contributed by atoms with E-state index >= 15 is 0 Å². The largest absolute Gasteiger partial charge is 0.479 e. The highest BCUT2D eigenvalue weighted by Gasteiger charge is 2.45. The molecule has 0 aromatic heterocycles. The summed E-state index contributed by atoms with van der Waals surface area (Å²) in [6, 6.07) is 4.67. The summed E-state index contributed by atoms with van der Waals surface area (Å²) in [5.74, 6) is -1.85. The van der Waals surface area contributed by atoms with Crippen LogP contribution in [0.15, 0.2) is 24.3 Å². The smallest absolute Gasteiger partial charge is 0.335 e. The summed E-state index contributed by atoms with van der Waals surface area (Å²) < 4.78 is 18.3. The predicted octanol–water partition coefficient (Wildman–Crippen LogP) is 1.98. The monoisotopic (exact) mass is 295 g/mol. The van der Waals surface area contributed by atoms with Crippen LogP contribution in [0.5, 0.6) is 0 Å². The first-order chi connectivity index (χ1) is 9.71. The molecule has 1 saturated heterocycles. The molecular weight excluding hydrogens is 277 g/mol. The van der Waals surface area contributed by atoms with Crippen LogP contribution in [0.4, 0.5) is 4.39 Å². The first-order valence-electron chi connectivity index (χ1n) is 6.64. The zero-order valence-electron chi connectivity index (χ0n) is 12.2. The number of benzene rings is 1. The van der Waals surface area contributed by atoms with Gasteiger partial charge in [0.2, 0.25) is 5.91 Å². The van der Waals surface area contributed by atoms with Gasteiger partial charge in [-0.2, -0.15) is 0 Å². The Bertz CT molecular complexity index is 550. The fourth-order valence-corrected chi connectivity index (χ4v) is 2.59. The second-order valence-electron chi connectivity index (χ2n) is 6.00. The molecule has 1 heterocycles. The Labute approximate surface area is 122 Å². The van der Waals surface area contributed by atoms with Gasteiger partial charge in [-0.3, -0.25) is 4.79 Å². The molecule has 1 aromatic rings. The van der Waals surface area contributed by atoms with Crippen molar-refractivity contribution in [1.82, 2.24) is 4.90 Å². The number of carboxylic acid groups (broad SMARTS) is 1. The molecule has 0 spiro atoms. The minimum absolute atomic E-state index is 0.272. The summed E-state index contributed by atoms with van der Waals surface area (Å²) in [7, 11) is 0. The molecule has 2 rings (SSSR count). The highest BCUT2D eigenvalue weighted by Crippen LogP contribution is 2.35. The van der Waals surface area contributed by atoms with E-state index in [0.29, 0.717) is 5.56 Å². The van der Waals surface area contributed by atoms with Crippen LogP contribution in [0.25, 0.3) is 0 Å². The van der Waals surface area contributed by atoms with Crippen molar-refractivity contribution in [3.63, 3.8) is 0 Å². The molecule has 0 aliphatic carbocycles. The first-order valence-corrected chi connectivity index (χ1v) is 6.64. The van der Waals surface area contributed by atoms with Crippen LogP contribution in [-0.4, -0.2) is 40.1 Å². The number of carbonyl (C=O) groups excluding carboxylic acids is 1. The van der Waals surface area contributed by atoms with Gasteiger partial charge in [-0.05, 0) is 38.5 Å². The Morgan fingerprint density at radius 3 is 2.38 bits per heavy atom. The summed E-state index contributed by atoms with van der Waals surface area (Å²) in [5, 5.41) is 9.36. The summed E-state index contributed by atoms with van der Waals surface area (Å²) in [5.41, 5.74) is -0.0417. The highest BCUT2D eigenvalue weighted by atomic mass is 19.1. The lowest BCUT2D eigenvalue weighted by Gasteiger charge is -2.46. The molecule has 0 saturated carbocycles. The van der Waals surface area contributed by atoms with Crippen molar-refractivity contribution < 1.29 is 23.8 Å². The maximum atomic E-state index is 13.1. The van der Waals surface area contributed by atoms with Crippen molar-refractivity contribution in [2.24, 2.45) is 0 Å². The van der Waals surface area contributed by atoms with Gasteiger partial charge in [0.05, 0.1) is 6.04 Å². The number of carbonyl (C=O) groups is 2. The third-order valence-corrected chi connectivity index (χ3v) is 3.40. The lowest BCUT2D eigenvalue weighted by atomic mass is 9.92. The van der Waals surface area contributed by atoms with Crippen molar-refractivity contribution >= 4 is 11.9 Å². The number of amides is 1. The number of rotatable bonds is 2. The van der Waals surface area contributed by atoms with Crippen molar-refractivity contribution in [3.05, 3.63) is 35.6 Å². The summed E-state index contributed by atoms with van der Waals surface area (Å²) in [6.45, 7) is 5.20. The Balaban J connectivity index is 2.51. The molecule has 114 valence electrons. The second-order valence-corrected chi connectivity index (χ2v) is 6.00. The molecule has 2 unspecified atom stereocenters. The molecule has 0 bridgehead atoms. The fraction of sp³-hybridized carbons (Fsp3) is 0.467. The average Bonchev–Trinajstić information content (AvgIpc) is 2.37. The van der Waals surface area contributed by atoms with Gasteiger partial charge in [0.1, 0.15) is 12.4 Å². The summed E-state index contributed by atoms with van der Waals surface area (Å²) in [6.07, 6.45) is -1.17. The normalized spacial score (nSPS) is 23.2. The number of halogens is 1. The molecule has 1 fully saturated rings. The molecule has 2 atom stereocenters. The van der Waals surface area contributed by atoms with Gasteiger partial charge >= 0.3 is 5.97 Å². The second kappa shape index (κ2) is 5.44. The van der Waals surface area contributed by atoms with Crippen molar-refractivity contribution in [1.29, 1.82) is 0 Å². The standard InChI is InChI=1S/C15H18FNO4/c1-15(2,3)17-11(18)8-21-13(14(19)20)12(17)9-4-6-10(16)7-5-9/h4-7,12-13H,8H2,1-3H3,(H,19,20). The molecule has 21 heavy (non-hydrogen) atoms. The molecule has 5 nitrogen and oxygen atoms in total. The van der Waals surface area contributed by atoms with E-state index < -0.39 is 29.5 Å². The predicted molar refractivity (Wildman–Crippen MR) is 73.1 cm³/mol. The number of carboxylic acids is 1. The molecule has 1 aliphatic heterocycles. The van der Waals surface area contributed by atoms with Crippen LogP contribution in [-0.2, 0) is 14.3 Å². The van der Waals surface area contributed by atoms with Gasteiger partial charge in [0.25, 0.3) is 0 Å². The van der Waals surface area contributed by atoms with Crippen LogP contribution >= 0.6 is 0 Å². The first kappa shape index (κ1) is 15.4. The topological polar surface area (TPSA) is 66.8 Å². The quantitative estimate of drug-likeness (QED) is 0.906. The van der Waals surface area contributed by atoms with Crippen LogP contribution in [0.3, 0.4) is 0 Å². The van der Waals surface area contributed by atoms with Crippen LogP contribution < -0.4 is 0 Å². The number of morpholine rings is 1. The maximum Gasteiger partial charge on any atom is 0.335 e. The third-order valence-electron chi connectivity index (χ3n) is 3.40. The summed E-state index contributed by atoms with van der Waals surface area (Å²) in [4.78, 5) is 25.1. The van der Waals surface area contributed by atoms with E-state index in [1.807, 2.05) is 20.8 Å².